The van der Waals surface area contributed by atoms with Crippen LogP contribution < -0.4 is 0 Å². The van der Waals surface area contributed by atoms with Gasteiger partial charge in [0.15, 0.2) is 0 Å². The number of halogens is 1. The van der Waals surface area contributed by atoms with Crippen LogP contribution in [-0.2, 0) is 21.6 Å². The monoisotopic (exact) mass is 286 g/mol. The highest BCUT2D eigenvalue weighted by Crippen LogP contribution is 2.40. The zero-order valence-corrected chi connectivity index (χ0v) is 11.8. The second-order valence-electron chi connectivity index (χ2n) is 5.14. The minimum Gasteiger partial charge on any atom is -0.454 e. The van der Waals surface area contributed by atoms with E-state index in [-0.39, 0.29) is 5.97 Å². The Balaban J connectivity index is 1.97. The maximum Gasteiger partial charge on any atom is 0.306 e. The van der Waals surface area contributed by atoms with Crippen LogP contribution in [0, 0.1) is 0 Å². The first-order valence-corrected chi connectivity index (χ1v) is 7.08. The normalized spacial score (nSPS) is 21.8. The maximum atomic E-state index is 11.6. The zero-order chi connectivity index (χ0) is 14.0. The Bertz CT molecular complexity index is 607. The molecule has 1 aliphatic heterocycles. The van der Waals surface area contributed by atoms with Gasteiger partial charge in [-0.2, -0.15) is 0 Å². The standard InChI is InChI=1S/C17H15ClO2/c18-15-8-6-14(7-9-15)17(11-10-16(19)20-17)12-13-4-2-1-3-5-13/h1-9H,10-12H2/t17-/m1/s1. The molecule has 0 unspecified atom stereocenters. The minimum atomic E-state index is -0.553. The molecule has 0 spiro atoms. The molecule has 1 atom stereocenters. The molecule has 1 heterocycles. The van der Waals surface area contributed by atoms with Gasteiger partial charge in [0, 0.05) is 24.3 Å². The summed E-state index contributed by atoms with van der Waals surface area (Å²) < 4.78 is 5.70. The number of hydrogen-bond donors (Lipinski definition) is 0. The third-order valence-electron chi connectivity index (χ3n) is 3.74. The molecule has 2 aromatic rings. The lowest BCUT2D eigenvalue weighted by Gasteiger charge is -2.28. The highest BCUT2D eigenvalue weighted by Gasteiger charge is 2.41. The summed E-state index contributed by atoms with van der Waals surface area (Å²) in [6.45, 7) is 0. The third-order valence-corrected chi connectivity index (χ3v) is 4.00. The van der Waals surface area contributed by atoms with Gasteiger partial charge in [-0.15, -0.1) is 0 Å². The Labute approximate surface area is 123 Å². The Morgan fingerprint density at radius 1 is 1.05 bits per heavy atom. The summed E-state index contributed by atoms with van der Waals surface area (Å²) in [6.07, 6.45) is 1.87. The number of rotatable bonds is 3. The van der Waals surface area contributed by atoms with Crippen molar-refractivity contribution in [2.75, 3.05) is 0 Å². The average molecular weight is 287 g/mol. The van der Waals surface area contributed by atoms with Gasteiger partial charge < -0.3 is 4.74 Å². The predicted molar refractivity (Wildman–Crippen MR) is 78.6 cm³/mol. The van der Waals surface area contributed by atoms with Crippen LogP contribution in [0.4, 0.5) is 0 Å². The summed E-state index contributed by atoms with van der Waals surface area (Å²) in [5.74, 6) is -0.129. The Morgan fingerprint density at radius 3 is 2.35 bits per heavy atom. The first-order valence-electron chi connectivity index (χ1n) is 6.70. The van der Waals surface area contributed by atoms with Gasteiger partial charge in [-0.25, -0.2) is 0 Å². The lowest BCUT2D eigenvalue weighted by molar-refractivity contribution is -0.149. The fourth-order valence-corrected chi connectivity index (χ4v) is 2.86. The van der Waals surface area contributed by atoms with Crippen molar-refractivity contribution in [1.29, 1.82) is 0 Å². The smallest absolute Gasteiger partial charge is 0.306 e. The van der Waals surface area contributed by atoms with E-state index >= 15 is 0 Å². The first-order chi connectivity index (χ1) is 9.68. The van der Waals surface area contributed by atoms with E-state index in [1.165, 1.54) is 0 Å². The number of benzene rings is 2. The van der Waals surface area contributed by atoms with Crippen LogP contribution >= 0.6 is 11.6 Å². The number of ether oxygens (including phenoxy) is 1. The lowest BCUT2D eigenvalue weighted by atomic mass is 9.85. The molecule has 1 fully saturated rings. The fraction of sp³-hybridized carbons (Fsp3) is 0.235. The van der Waals surface area contributed by atoms with Crippen molar-refractivity contribution in [2.24, 2.45) is 0 Å². The molecule has 1 aliphatic rings. The van der Waals surface area contributed by atoms with Crippen LogP contribution in [-0.4, -0.2) is 5.97 Å². The van der Waals surface area contributed by atoms with Crippen LogP contribution in [0.3, 0.4) is 0 Å². The second kappa shape index (κ2) is 5.29. The number of cyclic esters (lactones) is 1. The largest absolute Gasteiger partial charge is 0.454 e. The summed E-state index contributed by atoms with van der Waals surface area (Å²) in [5.41, 5.74) is 1.62. The molecule has 0 aromatic heterocycles. The molecule has 1 saturated heterocycles. The topological polar surface area (TPSA) is 26.3 Å². The van der Waals surface area contributed by atoms with Crippen molar-refractivity contribution in [2.45, 2.75) is 24.9 Å². The lowest BCUT2D eigenvalue weighted by Crippen LogP contribution is -2.28. The SMILES string of the molecule is O=C1CC[C@@](Cc2ccccc2)(c2ccc(Cl)cc2)O1. The van der Waals surface area contributed by atoms with Gasteiger partial charge in [-0.05, 0) is 23.3 Å². The predicted octanol–water partition coefficient (Wildman–Crippen LogP) is 4.12. The Morgan fingerprint density at radius 2 is 1.75 bits per heavy atom. The molecule has 0 bridgehead atoms. The third kappa shape index (κ3) is 2.56. The van der Waals surface area contributed by atoms with Crippen molar-refractivity contribution in [3.63, 3.8) is 0 Å². The molecule has 2 aromatic carbocycles. The van der Waals surface area contributed by atoms with E-state index in [4.69, 9.17) is 16.3 Å². The van der Waals surface area contributed by atoms with Crippen LogP contribution in [0.25, 0.3) is 0 Å². The van der Waals surface area contributed by atoms with E-state index in [0.29, 0.717) is 24.3 Å². The van der Waals surface area contributed by atoms with E-state index in [0.717, 1.165) is 11.1 Å². The van der Waals surface area contributed by atoms with Gasteiger partial charge in [-0.1, -0.05) is 54.1 Å². The van der Waals surface area contributed by atoms with E-state index in [1.54, 1.807) is 0 Å². The summed E-state index contributed by atoms with van der Waals surface area (Å²) in [4.78, 5) is 11.6. The molecule has 0 amide bonds. The van der Waals surface area contributed by atoms with Gasteiger partial charge in [0.05, 0.1) is 0 Å². The highest BCUT2D eigenvalue weighted by atomic mass is 35.5. The molecular weight excluding hydrogens is 272 g/mol. The first kappa shape index (κ1) is 13.2. The fourth-order valence-electron chi connectivity index (χ4n) is 2.73. The molecule has 3 rings (SSSR count). The molecule has 0 N–H and O–H groups in total. The van der Waals surface area contributed by atoms with Gasteiger partial charge in [0.2, 0.25) is 0 Å². The van der Waals surface area contributed by atoms with E-state index < -0.39 is 5.60 Å². The molecular formula is C17H15ClO2. The number of carbonyl (C=O) groups is 1. The van der Waals surface area contributed by atoms with E-state index in [2.05, 4.69) is 12.1 Å². The Kier molecular flexibility index (Phi) is 3.49. The minimum absolute atomic E-state index is 0.129. The summed E-state index contributed by atoms with van der Waals surface area (Å²) >= 11 is 5.94. The summed E-state index contributed by atoms with van der Waals surface area (Å²) in [6, 6.07) is 17.7. The molecule has 20 heavy (non-hydrogen) atoms. The summed E-state index contributed by atoms with van der Waals surface area (Å²) in [5, 5.41) is 0.688. The van der Waals surface area contributed by atoms with Crippen molar-refractivity contribution >= 4 is 17.6 Å². The number of esters is 1. The van der Waals surface area contributed by atoms with E-state index in [9.17, 15) is 4.79 Å². The molecule has 2 nitrogen and oxygen atoms in total. The van der Waals surface area contributed by atoms with Crippen molar-refractivity contribution in [3.05, 3.63) is 70.7 Å². The van der Waals surface area contributed by atoms with E-state index in [1.807, 2.05) is 42.5 Å². The highest BCUT2D eigenvalue weighted by molar-refractivity contribution is 6.30. The second-order valence-corrected chi connectivity index (χ2v) is 5.57. The summed E-state index contributed by atoms with van der Waals surface area (Å²) in [7, 11) is 0. The van der Waals surface area contributed by atoms with Crippen LogP contribution in [0.15, 0.2) is 54.6 Å². The van der Waals surface area contributed by atoms with Crippen molar-refractivity contribution in [3.8, 4) is 0 Å². The van der Waals surface area contributed by atoms with Crippen LogP contribution in [0.1, 0.15) is 24.0 Å². The van der Waals surface area contributed by atoms with Crippen LogP contribution in [0.2, 0.25) is 5.02 Å². The maximum absolute atomic E-state index is 11.6. The number of carbonyl (C=O) groups excluding carboxylic acids is 1. The molecule has 0 aliphatic carbocycles. The van der Waals surface area contributed by atoms with Crippen LogP contribution in [0.5, 0.6) is 0 Å². The quantitative estimate of drug-likeness (QED) is 0.794. The number of hydrogen-bond acceptors (Lipinski definition) is 2. The van der Waals surface area contributed by atoms with Crippen molar-refractivity contribution < 1.29 is 9.53 Å². The zero-order valence-electron chi connectivity index (χ0n) is 11.0. The molecule has 0 saturated carbocycles. The average Bonchev–Trinajstić information content (AvgIpc) is 2.83. The van der Waals surface area contributed by atoms with Gasteiger partial charge in [0.25, 0.3) is 0 Å². The van der Waals surface area contributed by atoms with Gasteiger partial charge in [0.1, 0.15) is 5.60 Å². The van der Waals surface area contributed by atoms with Crippen molar-refractivity contribution in [1.82, 2.24) is 0 Å². The van der Waals surface area contributed by atoms with Gasteiger partial charge >= 0.3 is 5.97 Å². The molecule has 3 heteroatoms. The molecule has 0 radical (unpaired) electrons. The molecule has 102 valence electrons. The Hall–Kier alpha value is -1.80. The van der Waals surface area contributed by atoms with Gasteiger partial charge in [-0.3, -0.25) is 4.79 Å².